The number of amides is 3. The Labute approximate surface area is 213 Å². The predicted octanol–water partition coefficient (Wildman–Crippen LogP) is 4.25. The maximum atomic E-state index is 13.7. The molecule has 9 heteroatoms. The van der Waals surface area contributed by atoms with Crippen molar-refractivity contribution >= 4 is 41.7 Å². The minimum Gasteiger partial charge on any atom is -0.459 e. The van der Waals surface area contributed by atoms with E-state index in [1.807, 2.05) is 30.3 Å². The van der Waals surface area contributed by atoms with Gasteiger partial charge in [0.15, 0.2) is 5.76 Å². The fourth-order valence-corrected chi connectivity index (χ4v) is 3.75. The number of nitrogens with one attached hydrogen (secondary N) is 2. The Morgan fingerprint density at radius 3 is 2.50 bits per heavy atom. The molecule has 0 bridgehead atoms. The van der Waals surface area contributed by atoms with Crippen LogP contribution in [0.25, 0.3) is 0 Å². The van der Waals surface area contributed by atoms with Crippen LogP contribution >= 0.6 is 12.6 Å². The lowest BCUT2D eigenvalue weighted by Crippen LogP contribution is -2.44. The van der Waals surface area contributed by atoms with Crippen LogP contribution in [-0.2, 0) is 16.1 Å². The highest BCUT2D eigenvalue weighted by Crippen LogP contribution is 2.31. The predicted molar refractivity (Wildman–Crippen MR) is 140 cm³/mol. The topological polar surface area (TPSA) is 105 Å². The van der Waals surface area contributed by atoms with Crippen molar-refractivity contribution in [1.82, 2.24) is 10.3 Å². The molecule has 8 nitrogen and oxygen atoms in total. The molecule has 0 saturated heterocycles. The molecule has 4 rings (SSSR count). The molecular weight excluding hydrogens is 476 g/mol. The minimum atomic E-state index is -1.07. The number of aromatic nitrogens is 1. The van der Waals surface area contributed by atoms with Crippen LogP contribution in [0.3, 0.4) is 0 Å². The van der Waals surface area contributed by atoms with Gasteiger partial charge >= 0.3 is 0 Å². The monoisotopic (exact) mass is 500 g/mol. The average Bonchev–Trinajstić information content (AvgIpc) is 3.46. The smallest absolute Gasteiger partial charge is 0.294 e. The van der Waals surface area contributed by atoms with Gasteiger partial charge in [-0.2, -0.15) is 12.6 Å². The molecule has 0 radical (unpaired) electrons. The van der Waals surface area contributed by atoms with E-state index in [0.29, 0.717) is 16.9 Å². The standard InChI is InChI=1S/C27H24N4O4S/c32-24(18-36)30-21-10-4-11-22(15-21)31(27(34)23-12-6-14-35-23)25(20-9-5-13-28-17-20)26(33)29-16-19-7-2-1-3-8-19/h1-15,17,25,36H,16,18H2,(H,29,33)(H,30,32)/t25-/m1/s1. The van der Waals surface area contributed by atoms with Crippen molar-refractivity contribution in [3.8, 4) is 0 Å². The second-order valence-corrected chi connectivity index (χ2v) is 8.12. The molecule has 36 heavy (non-hydrogen) atoms. The zero-order valence-electron chi connectivity index (χ0n) is 19.2. The Kier molecular flexibility index (Phi) is 8.15. The van der Waals surface area contributed by atoms with E-state index in [1.165, 1.54) is 17.2 Å². The van der Waals surface area contributed by atoms with Gasteiger partial charge in [0.2, 0.25) is 11.8 Å². The molecule has 0 spiro atoms. The Morgan fingerprint density at radius 1 is 0.972 bits per heavy atom. The highest BCUT2D eigenvalue weighted by atomic mass is 32.1. The van der Waals surface area contributed by atoms with E-state index in [2.05, 4.69) is 28.2 Å². The molecule has 3 amide bonds. The van der Waals surface area contributed by atoms with Gasteiger partial charge in [0.05, 0.1) is 12.0 Å². The van der Waals surface area contributed by atoms with Crippen LogP contribution in [0.2, 0.25) is 0 Å². The molecular formula is C27H24N4O4S. The second-order valence-electron chi connectivity index (χ2n) is 7.80. The summed E-state index contributed by atoms with van der Waals surface area (Å²) >= 11 is 4.00. The van der Waals surface area contributed by atoms with Gasteiger partial charge in [0, 0.05) is 35.9 Å². The number of benzene rings is 2. The summed E-state index contributed by atoms with van der Waals surface area (Å²) in [4.78, 5) is 44.8. The zero-order chi connectivity index (χ0) is 25.3. The lowest BCUT2D eigenvalue weighted by molar-refractivity contribution is -0.122. The van der Waals surface area contributed by atoms with Crippen molar-refractivity contribution < 1.29 is 18.8 Å². The van der Waals surface area contributed by atoms with Crippen LogP contribution in [0.5, 0.6) is 0 Å². The maximum absolute atomic E-state index is 13.7. The van der Waals surface area contributed by atoms with Crippen LogP contribution in [0.4, 0.5) is 11.4 Å². The Morgan fingerprint density at radius 2 is 1.81 bits per heavy atom. The third kappa shape index (κ3) is 6.00. The minimum absolute atomic E-state index is 0.000526. The van der Waals surface area contributed by atoms with Crippen molar-refractivity contribution in [3.63, 3.8) is 0 Å². The molecule has 0 aliphatic heterocycles. The van der Waals surface area contributed by atoms with Gasteiger partial charge < -0.3 is 15.1 Å². The van der Waals surface area contributed by atoms with Crippen LogP contribution in [-0.4, -0.2) is 28.5 Å². The van der Waals surface area contributed by atoms with Gasteiger partial charge in [0.1, 0.15) is 6.04 Å². The summed E-state index contributed by atoms with van der Waals surface area (Å²) in [6.45, 7) is 0.275. The number of thiol groups is 1. The molecule has 0 aliphatic carbocycles. The van der Waals surface area contributed by atoms with Gasteiger partial charge in [-0.1, -0.05) is 42.5 Å². The number of hydrogen-bond donors (Lipinski definition) is 3. The molecule has 4 aromatic rings. The number of pyridine rings is 1. The second kappa shape index (κ2) is 11.9. The van der Waals surface area contributed by atoms with E-state index in [-0.39, 0.29) is 24.0 Å². The summed E-state index contributed by atoms with van der Waals surface area (Å²) in [7, 11) is 0. The maximum Gasteiger partial charge on any atom is 0.294 e. The number of nitrogens with zero attached hydrogens (tertiary/aromatic N) is 2. The number of carbonyl (C=O) groups excluding carboxylic acids is 3. The van der Waals surface area contributed by atoms with Crippen LogP contribution < -0.4 is 15.5 Å². The van der Waals surface area contributed by atoms with Crippen molar-refractivity contribution in [2.45, 2.75) is 12.6 Å². The first-order valence-corrected chi connectivity index (χ1v) is 11.8. The fraction of sp³-hybridized carbons (Fsp3) is 0.111. The largest absolute Gasteiger partial charge is 0.459 e. The molecule has 0 aliphatic rings. The number of carbonyl (C=O) groups is 3. The Bertz CT molecular complexity index is 1310. The van der Waals surface area contributed by atoms with Gasteiger partial charge in [-0.3, -0.25) is 24.3 Å². The molecule has 2 N–H and O–H groups in total. The number of hydrogen-bond acceptors (Lipinski definition) is 6. The van der Waals surface area contributed by atoms with Gasteiger partial charge in [-0.25, -0.2) is 0 Å². The fourth-order valence-electron chi connectivity index (χ4n) is 3.67. The van der Waals surface area contributed by atoms with E-state index in [0.717, 1.165) is 5.56 Å². The van der Waals surface area contributed by atoms with E-state index in [9.17, 15) is 14.4 Å². The molecule has 0 saturated carbocycles. The Balaban J connectivity index is 1.76. The summed E-state index contributed by atoms with van der Waals surface area (Å²) in [5, 5.41) is 5.66. The highest BCUT2D eigenvalue weighted by Gasteiger charge is 2.34. The van der Waals surface area contributed by atoms with Crippen LogP contribution in [0.15, 0.2) is 102 Å². The number of furan rings is 1. The molecule has 2 aromatic heterocycles. The third-order valence-corrected chi connectivity index (χ3v) is 5.61. The molecule has 0 fully saturated rings. The van der Waals surface area contributed by atoms with Crippen molar-refractivity contribution in [2.24, 2.45) is 0 Å². The van der Waals surface area contributed by atoms with Crippen molar-refractivity contribution in [1.29, 1.82) is 0 Å². The third-order valence-electron chi connectivity index (χ3n) is 5.32. The van der Waals surface area contributed by atoms with E-state index >= 15 is 0 Å². The van der Waals surface area contributed by atoms with Gasteiger partial charge in [-0.15, -0.1) is 0 Å². The number of anilines is 2. The number of rotatable bonds is 9. The lowest BCUT2D eigenvalue weighted by atomic mass is 10.0. The summed E-state index contributed by atoms with van der Waals surface area (Å²) in [5.74, 6) is -1.18. The summed E-state index contributed by atoms with van der Waals surface area (Å²) in [6, 6.07) is 21.6. The first-order valence-electron chi connectivity index (χ1n) is 11.2. The van der Waals surface area contributed by atoms with Crippen molar-refractivity contribution in [2.75, 3.05) is 16.0 Å². The molecule has 0 unspecified atom stereocenters. The summed E-state index contributed by atoms with van der Waals surface area (Å²) in [5.41, 5.74) is 2.26. The lowest BCUT2D eigenvalue weighted by Gasteiger charge is -2.31. The molecule has 1 atom stereocenters. The normalized spacial score (nSPS) is 11.4. The van der Waals surface area contributed by atoms with E-state index < -0.39 is 17.9 Å². The quantitative estimate of drug-likeness (QED) is 0.298. The highest BCUT2D eigenvalue weighted by molar-refractivity contribution is 7.81. The van der Waals surface area contributed by atoms with E-state index in [1.54, 1.807) is 54.9 Å². The molecule has 2 heterocycles. The first kappa shape index (κ1) is 24.7. The SMILES string of the molecule is O=C(CS)Nc1cccc(N(C(=O)c2ccco2)[C@@H](C(=O)NCc2ccccc2)c2cccnc2)c1. The molecule has 2 aromatic carbocycles. The van der Waals surface area contributed by atoms with Crippen molar-refractivity contribution in [3.05, 3.63) is 114 Å². The molecule has 182 valence electrons. The van der Waals surface area contributed by atoms with Crippen LogP contribution in [0, 0.1) is 0 Å². The first-order chi connectivity index (χ1) is 17.6. The van der Waals surface area contributed by atoms with E-state index in [4.69, 9.17) is 4.42 Å². The van der Waals surface area contributed by atoms with Crippen LogP contribution in [0.1, 0.15) is 27.7 Å². The summed E-state index contributed by atoms with van der Waals surface area (Å²) in [6.07, 6.45) is 4.53. The van der Waals surface area contributed by atoms with Gasteiger partial charge in [-0.05, 0) is 42.0 Å². The van der Waals surface area contributed by atoms with Gasteiger partial charge in [0.25, 0.3) is 5.91 Å². The average molecular weight is 501 g/mol. The summed E-state index contributed by atoms with van der Waals surface area (Å²) < 4.78 is 5.39. The Hall–Kier alpha value is -4.37. The zero-order valence-corrected chi connectivity index (χ0v) is 20.1.